The monoisotopic (exact) mass is 531 g/mol. The van der Waals surface area contributed by atoms with Crippen LogP contribution in [-0.2, 0) is 25.6 Å². The van der Waals surface area contributed by atoms with Crippen LogP contribution in [0.1, 0.15) is 52.5 Å². The number of aliphatic hydroxyl groups is 1. The van der Waals surface area contributed by atoms with Crippen molar-refractivity contribution in [2.45, 2.75) is 89.7 Å². The Hall–Kier alpha value is -3.18. The van der Waals surface area contributed by atoms with Crippen molar-refractivity contribution in [3.63, 3.8) is 0 Å². The number of ether oxygens (including phenoxy) is 1. The molecule has 11 heteroatoms. The first kappa shape index (κ1) is 29.4. The van der Waals surface area contributed by atoms with Crippen LogP contribution in [0.5, 0.6) is 5.75 Å². The number of amides is 4. The highest BCUT2D eigenvalue weighted by Crippen LogP contribution is 2.21. The lowest BCUT2D eigenvalue weighted by Crippen LogP contribution is -2.57. The Kier molecular flexibility index (Phi) is 10.1. The largest absolute Gasteiger partial charge is 0.491 e. The number of hydrogen-bond donors (Lipinski definition) is 5. The van der Waals surface area contributed by atoms with Crippen LogP contribution in [0, 0.1) is 5.92 Å². The second-order valence-corrected chi connectivity index (χ2v) is 10.7. The van der Waals surface area contributed by atoms with Crippen LogP contribution < -0.4 is 26.4 Å². The summed E-state index contributed by atoms with van der Waals surface area (Å²) in [7, 11) is 0. The first-order chi connectivity index (χ1) is 18.0. The van der Waals surface area contributed by atoms with Crippen LogP contribution in [0.15, 0.2) is 24.3 Å². The molecule has 3 aliphatic rings. The minimum absolute atomic E-state index is 0.0369. The van der Waals surface area contributed by atoms with E-state index in [9.17, 15) is 24.3 Å². The van der Waals surface area contributed by atoms with Crippen molar-refractivity contribution >= 4 is 23.6 Å². The zero-order valence-corrected chi connectivity index (χ0v) is 22.6. The first-order valence-corrected chi connectivity index (χ1v) is 13.3. The number of benzene rings is 1. The fraction of sp³-hybridized carbons (Fsp3) is 0.630. The highest BCUT2D eigenvalue weighted by atomic mass is 16.5. The number of nitrogens with zero attached hydrogens (tertiary/aromatic N) is 1. The summed E-state index contributed by atoms with van der Waals surface area (Å²) in [5, 5.41) is 18.6. The molecule has 0 radical (unpaired) electrons. The molecule has 0 aromatic heterocycles. The maximum atomic E-state index is 13.4. The number of aliphatic hydroxyl groups excluding tert-OH is 1. The van der Waals surface area contributed by atoms with E-state index in [1.807, 2.05) is 26.0 Å². The van der Waals surface area contributed by atoms with Gasteiger partial charge in [0.2, 0.25) is 23.6 Å². The predicted octanol–water partition coefficient (Wildman–Crippen LogP) is -0.159. The summed E-state index contributed by atoms with van der Waals surface area (Å²) in [6, 6.07) is 3.29. The molecule has 4 rings (SSSR count). The van der Waals surface area contributed by atoms with Crippen LogP contribution in [0.25, 0.3) is 0 Å². The van der Waals surface area contributed by atoms with Crippen LogP contribution in [0.3, 0.4) is 0 Å². The minimum Gasteiger partial charge on any atom is -0.491 e. The van der Waals surface area contributed by atoms with Gasteiger partial charge in [-0.2, -0.15) is 0 Å². The van der Waals surface area contributed by atoms with E-state index >= 15 is 0 Å². The van der Waals surface area contributed by atoms with E-state index in [1.54, 1.807) is 26.0 Å². The Morgan fingerprint density at radius 1 is 1.05 bits per heavy atom. The Labute approximate surface area is 223 Å². The normalized spacial score (nSPS) is 29.8. The summed E-state index contributed by atoms with van der Waals surface area (Å²) in [5.74, 6) is -0.970. The van der Waals surface area contributed by atoms with Crippen molar-refractivity contribution in [2.24, 2.45) is 11.7 Å². The van der Waals surface area contributed by atoms with Gasteiger partial charge in [0, 0.05) is 13.0 Å². The number of carbonyl (C=O) groups is 4. The topological polar surface area (TPSA) is 163 Å². The van der Waals surface area contributed by atoms with Gasteiger partial charge in [0.1, 0.15) is 30.5 Å². The van der Waals surface area contributed by atoms with Crippen LogP contribution in [-0.4, -0.2) is 83.1 Å². The molecule has 38 heavy (non-hydrogen) atoms. The van der Waals surface area contributed by atoms with E-state index in [2.05, 4.69) is 16.0 Å². The summed E-state index contributed by atoms with van der Waals surface area (Å²) in [4.78, 5) is 53.6. The Balaban J connectivity index is 1.88. The summed E-state index contributed by atoms with van der Waals surface area (Å²) in [6.07, 6.45) is 0.347. The zero-order valence-electron chi connectivity index (χ0n) is 22.6. The molecule has 0 spiro atoms. The SMILES string of the molecule is CC[C@@H]1NC(=O)[C@@H](N)Cc2ccc(cc2)OC[C@H](CC(C)C)NC(=O)[C@@H](C)NC(=O)[C@@H]2C[C@@H](O)CN2C1=O. The lowest BCUT2D eigenvalue weighted by atomic mass is 10.0. The zero-order chi connectivity index (χ0) is 28.0. The molecular formula is C27H41N5O6. The standard InChI is InChI=1S/C27H41N5O6/c1-5-22-27(37)32-13-19(33)12-23(32)26(36)29-16(4)24(34)30-18(10-15(2)3)14-38-20-8-6-17(7-9-20)11-21(28)25(35)31-22/h6-9,15-16,18-19,21-23,33H,5,10-14,28H2,1-4H3,(H,29,36)(H,30,34)(H,31,35)/t16-,18+,19-,21+,22+,23+/m1/s1. The Morgan fingerprint density at radius 2 is 1.74 bits per heavy atom. The number of nitrogens with one attached hydrogen (secondary N) is 3. The van der Waals surface area contributed by atoms with Gasteiger partial charge in [-0.15, -0.1) is 0 Å². The molecule has 3 heterocycles. The van der Waals surface area contributed by atoms with E-state index in [1.165, 1.54) is 4.90 Å². The third-order valence-corrected chi connectivity index (χ3v) is 6.91. The van der Waals surface area contributed by atoms with E-state index in [0.29, 0.717) is 18.1 Å². The number of carbonyl (C=O) groups excluding carboxylic acids is 4. The Bertz CT molecular complexity index is 1000. The summed E-state index contributed by atoms with van der Waals surface area (Å²) < 4.78 is 5.93. The van der Waals surface area contributed by atoms with Crippen LogP contribution in [0.2, 0.25) is 0 Å². The lowest BCUT2D eigenvalue weighted by molar-refractivity contribution is -0.142. The highest BCUT2D eigenvalue weighted by molar-refractivity contribution is 5.95. The average molecular weight is 532 g/mol. The van der Waals surface area contributed by atoms with E-state index in [0.717, 1.165) is 5.56 Å². The second-order valence-electron chi connectivity index (χ2n) is 10.7. The highest BCUT2D eigenvalue weighted by Gasteiger charge is 2.42. The molecule has 3 aliphatic heterocycles. The average Bonchev–Trinajstić information content (AvgIpc) is 3.26. The van der Waals surface area contributed by atoms with Gasteiger partial charge in [0.05, 0.1) is 18.2 Å². The van der Waals surface area contributed by atoms with Crippen molar-refractivity contribution in [1.29, 1.82) is 0 Å². The second kappa shape index (κ2) is 13.1. The number of hydrogen-bond acceptors (Lipinski definition) is 7. The maximum Gasteiger partial charge on any atom is 0.245 e. The van der Waals surface area contributed by atoms with Crippen molar-refractivity contribution in [3.8, 4) is 5.75 Å². The predicted molar refractivity (Wildman–Crippen MR) is 141 cm³/mol. The van der Waals surface area contributed by atoms with E-state index < -0.39 is 48.0 Å². The number of fused-ring (bicyclic) bond motifs is 14. The molecule has 1 aromatic carbocycles. The molecule has 6 atom stereocenters. The third kappa shape index (κ3) is 7.67. The van der Waals surface area contributed by atoms with Crippen molar-refractivity contribution in [3.05, 3.63) is 29.8 Å². The number of rotatable bonds is 3. The van der Waals surface area contributed by atoms with Gasteiger partial charge >= 0.3 is 0 Å². The summed E-state index contributed by atoms with van der Waals surface area (Å²) in [6.45, 7) is 7.59. The van der Waals surface area contributed by atoms with Crippen LogP contribution >= 0.6 is 0 Å². The molecule has 0 unspecified atom stereocenters. The van der Waals surface area contributed by atoms with Gasteiger partial charge in [-0.3, -0.25) is 19.2 Å². The van der Waals surface area contributed by atoms with Crippen molar-refractivity contribution in [2.75, 3.05) is 13.2 Å². The molecule has 210 valence electrons. The van der Waals surface area contributed by atoms with Gasteiger partial charge in [-0.25, -0.2) is 0 Å². The van der Waals surface area contributed by atoms with Gasteiger partial charge in [-0.1, -0.05) is 32.9 Å². The molecule has 0 aliphatic carbocycles. The van der Waals surface area contributed by atoms with Gasteiger partial charge in [-0.05, 0) is 49.8 Å². The third-order valence-electron chi connectivity index (χ3n) is 6.91. The molecule has 1 fully saturated rings. The molecule has 1 saturated heterocycles. The summed E-state index contributed by atoms with van der Waals surface area (Å²) in [5.41, 5.74) is 6.98. The molecule has 2 bridgehead atoms. The molecular weight excluding hydrogens is 490 g/mol. The fourth-order valence-corrected chi connectivity index (χ4v) is 4.83. The maximum absolute atomic E-state index is 13.4. The van der Waals surface area contributed by atoms with Gasteiger partial charge < -0.3 is 36.4 Å². The first-order valence-electron chi connectivity index (χ1n) is 13.3. The van der Waals surface area contributed by atoms with E-state index in [4.69, 9.17) is 10.5 Å². The molecule has 6 N–H and O–H groups in total. The molecule has 11 nitrogen and oxygen atoms in total. The van der Waals surface area contributed by atoms with Crippen molar-refractivity contribution in [1.82, 2.24) is 20.9 Å². The van der Waals surface area contributed by atoms with E-state index in [-0.39, 0.29) is 44.4 Å². The smallest absolute Gasteiger partial charge is 0.245 e. The minimum atomic E-state index is -0.967. The number of nitrogens with two attached hydrogens (primary N) is 1. The molecule has 4 amide bonds. The molecule has 0 saturated carbocycles. The van der Waals surface area contributed by atoms with Gasteiger partial charge in [0.15, 0.2) is 0 Å². The lowest BCUT2D eigenvalue weighted by Gasteiger charge is -2.29. The fourth-order valence-electron chi connectivity index (χ4n) is 4.83. The quantitative estimate of drug-likeness (QED) is 0.338. The Morgan fingerprint density at radius 3 is 2.37 bits per heavy atom. The van der Waals surface area contributed by atoms with Gasteiger partial charge in [0.25, 0.3) is 0 Å². The van der Waals surface area contributed by atoms with Crippen LogP contribution in [0.4, 0.5) is 0 Å². The molecule has 1 aromatic rings. The summed E-state index contributed by atoms with van der Waals surface area (Å²) >= 11 is 0. The van der Waals surface area contributed by atoms with Crippen molar-refractivity contribution < 1.29 is 29.0 Å².